The van der Waals surface area contributed by atoms with E-state index in [1.54, 1.807) is 0 Å². The van der Waals surface area contributed by atoms with Crippen molar-refractivity contribution in [1.82, 2.24) is 0 Å². The highest BCUT2D eigenvalue weighted by atomic mass is 35.5. The van der Waals surface area contributed by atoms with Crippen LogP contribution in [0.5, 0.6) is 0 Å². The molecule has 3 heteroatoms. The summed E-state index contributed by atoms with van der Waals surface area (Å²) in [4.78, 5) is 0. The van der Waals surface area contributed by atoms with Crippen LogP contribution in [0.1, 0.15) is 16.7 Å². The number of rotatable bonds is 3. The molecule has 0 fully saturated rings. The maximum atomic E-state index is 5.99. The standard InChI is InChI=1S/C15H15Cl2N/c1-10-3-5-14(17)8-15(10)18-9-12-4-6-13(16)7-11(12)2/h3-8,18H,9H2,1-2H3. The Morgan fingerprint density at radius 3 is 2.28 bits per heavy atom. The van der Waals surface area contributed by atoms with E-state index in [9.17, 15) is 0 Å². The van der Waals surface area contributed by atoms with Crippen LogP contribution in [-0.4, -0.2) is 0 Å². The molecule has 1 N–H and O–H groups in total. The Hall–Kier alpha value is -1.18. The third-order valence-electron chi connectivity index (χ3n) is 2.97. The van der Waals surface area contributed by atoms with E-state index in [0.29, 0.717) is 0 Å². The number of hydrogen-bond acceptors (Lipinski definition) is 1. The van der Waals surface area contributed by atoms with Gasteiger partial charge in [-0.1, -0.05) is 35.3 Å². The average Bonchev–Trinajstić information content (AvgIpc) is 2.32. The fourth-order valence-electron chi connectivity index (χ4n) is 1.83. The zero-order valence-corrected chi connectivity index (χ0v) is 11.9. The summed E-state index contributed by atoms with van der Waals surface area (Å²) in [5.74, 6) is 0. The van der Waals surface area contributed by atoms with Crippen LogP contribution in [0.2, 0.25) is 10.0 Å². The zero-order valence-electron chi connectivity index (χ0n) is 10.4. The van der Waals surface area contributed by atoms with Crippen molar-refractivity contribution in [2.45, 2.75) is 20.4 Å². The minimum absolute atomic E-state index is 0.746. The van der Waals surface area contributed by atoms with Gasteiger partial charge < -0.3 is 5.32 Å². The fraction of sp³-hybridized carbons (Fsp3) is 0.200. The van der Waals surface area contributed by atoms with Crippen LogP contribution in [0.25, 0.3) is 0 Å². The van der Waals surface area contributed by atoms with Crippen LogP contribution in [0.15, 0.2) is 36.4 Å². The smallest absolute Gasteiger partial charge is 0.0426 e. The molecule has 0 bridgehead atoms. The first kappa shape index (κ1) is 13.3. The summed E-state index contributed by atoms with van der Waals surface area (Å²) < 4.78 is 0. The van der Waals surface area contributed by atoms with Crippen molar-refractivity contribution in [3.8, 4) is 0 Å². The monoisotopic (exact) mass is 279 g/mol. The van der Waals surface area contributed by atoms with Crippen molar-refractivity contribution < 1.29 is 0 Å². The third kappa shape index (κ3) is 3.18. The van der Waals surface area contributed by atoms with E-state index >= 15 is 0 Å². The molecule has 0 unspecified atom stereocenters. The zero-order chi connectivity index (χ0) is 13.1. The van der Waals surface area contributed by atoms with E-state index in [1.165, 1.54) is 16.7 Å². The molecule has 0 aromatic heterocycles. The van der Waals surface area contributed by atoms with Crippen molar-refractivity contribution in [2.24, 2.45) is 0 Å². The number of anilines is 1. The van der Waals surface area contributed by atoms with Crippen molar-refractivity contribution >= 4 is 28.9 Å². The van der Waals surface area contributed by atoms with Gasteiger partial charge in [0.15, 0.2) is 0 Å². The summed E-state index contributed by atoms with van der Waals surface area (Å²) >= 11 is 11.9. The normalized spacial score (nSPS) is 10.4. The molecule has 0 aliphatic rings. The first-order valence-electron chi connectivity index (χ1n) is 5.81. The summed E-state index contributed by atoms with van der Waals surface area (Å²) in [7, 11) is 0. The minimum Gasteiger partial charge on any atom is -0.381 e. The second-order valence-corrected chi connectivity index (χ2v) is 5.26. The van der Waals surface area contributed by atoms with Gasteiger partial charge in [-0.15, -0.1) is 0 Å². The Morgan fingerprint density at radius 1 is 0.889 bits per heavy atom. The van der Waals surface area contributed by atoms with E-state index in [0.717, 1.165) is 22.3 Å². The lowest BCUT2D eigenvalue weighted by atomic mass is 10.1. The van der Waals surface area contributed by atoms with Crippen LogP contribution < -0.4 is 5.32 Å². The Morgan fingerprint density at radius 2 is 1.56 bits per heavy atom. The van der Waals surface area contributed by atoms with Crippen LogP contribution in [-0.2, 0) is 6.54 Å². The molecule has 18 heavy (non-hydrogen) atoms. The molecule has 0 atom stereocenters. The van der Waals surface area contributed by atoms with Gasteiger partial charge in [-0.25, -0.2) is 0 Å². The summed E-state index contributed by atoms with van der Waals surface area (Å²) in [5, 5.41) is 4.92. The minimum atomic E-state index is 0.746. The van der Waals surface area contributed by atoms with E-state index in [2.05, 4.69) is 19.2 Å². The highest BCUT2D eigenvalue weighted by molar-refractivity contribution is 6.31. The molecule has 2 aromatic rings. The average molecular weight is 280 g/mol. The molecule has 0 aliphatic carbocycles. The molecule has 0 heterocycles. The topological polar surface area (TPSA) is 12.0 Å². The van der Waals surface area contributed by atoms with Crippen molar-refractivity contribution in [1.29, 1.82) is 0 Å². The number of benzene rings is 2. The maximum absolute atomic E-state index is 5.99. The van der Waals surface area contributed by atoms with Gasteiger partial charge in [0.1, 0.15) is 0 Å². The van der Waals surface area contributed by atoms with Gasteiger partial charge in [-0.3, -0.25) is 0 Å². The van der Waals surface area contributed by atoms with Gasteiger partial charge in [0, 0.05) is 22.3 Å². The van der Waals surface area contributed by atoms with Crippen molar-refractivity contribution in [3.63, 3.8) is 0 Å². The molecule has 94 valence electrons. The largest absolute Gasteiger partial charge is 0.381 e. The Labute approximate surface area is 118 Å². The molecule has 0 saturated carbocycles. The Kier molecular flexibility index (Phi) is 4.15. The molecule has 0 radical (unpaired) electrons. The van der Waals surface area contributed by atoms with Gasteiger partial charge in [0.05, 0.1) is 0 Å². The number of hydrogen-bond donors (Lipinski definition) is 1. The molecule has 0 spiro atoms. The lowest BCUT2D eigenvalue weighted by Gasteiger charge is -2.12. The first-order valence-corrected chi connectivity index (χ1v) is 6.57. The lowest BCUT2D eigenvalue weighted by Crippen LogP contribution is -2.02. The molecule has 0 amide bonds. The first-order chi connectivity index (χ1) is 8.56. The Bertz CT molecular complexity index is 564. The molecule has 2 rings (SSSR count). The summed E-state index contributed by atoms with van der Waals surface area (Å²) in [6.07, 6.45) is 0. The fourth-order valence-corrected chi connectivity index (χ4v) is 2.23. The highest BCUT2D eigenvalue weighted by Crippen LogP contribution is 2.22. The Balaban J connectivity index is 2.13. The predicted octanol–water partition coefficient (Wildman–Crippen LogP) is 5.22. The maximum Gasteiger partial charge on any atom is 0.0426 e. The summed E-state index contributed by atoms with van der Waals surface area (Å²) in [6.45, 7) is 4.89. The molecule has 0 saturated heterocycles. The van der Waals surface area contributed by atoms with Crippen molar-refractivity contribution in [3.05, 3.63) is 63.1 Å². The van der Waals surface area contributed by atoms with E-state index in [4.69, 9.17) is 23.2 Å². The van der Waals surface area contributed by atoms with Crippen LogP contribution in [0.3, 0.4) is 0 Å². The van der Waals surface area contributed by atoms with Gasteiger partial charge in [-0.2, -0.15) is 0 Å². The predicted molar refractivity (Wildman–Crippen MR) is 79.7 cm³/mol. The quantitative estimate of drug-likeness (QED) is 0.812. The number of halogens is 2. The highest BCUT2D eigenvalue weighted by Gasteiger charge is 2.02. The van der Waals surface area contributed by atoms with Crippen molar-refractivity contribution in [2.75, 3.05) is 5.32 Å². The van der Waals surface area contributed by atoms with Gasteiger partial charge in [0.25, 0.3) is 0 Å². The molecular weight excluding hydrogens is 265 g/mol. The lowest BCUT2D eigenvalue weighted by molar-refractivity contribution is 1.11. The third-order valence-corrected chi connectivity index (χ3v) is 3.44. The van der Waals surface area contributed by atoms with E-state index in [1.807, 2.05) is 36.4 Å². The van der Waals surface area contributed by atoms with E-state index in [-0.39, 0.29) is 0 Å². The molecular formula is C15H15Cl2N. The molecule has 1 nitrogen and oxygen atoms in total. The molecule has 2 aromatic carbocycles. The number of aryl methyl sites for hydroxylation is 2. The summed E-state index contributed by atoms with van der Waals surface area (Å²) in [6, 6.07) is 11.8. The van der Waals surface area contributed by atoms with Gasteiger partial charge in [0.2, 0.25) is 0 Å². The van der Waals surface area contributed by atoms with E-state index < -0.39 is 0 Å². The SMILES string of the molecule is Cc1cc(Cl)ccc1CNc1cc(Cl)ccc1C. The summed E-state index contributed by atoms with van der Waals surface area (Å²) in [5.41, 5.74) is 4.68. The van der Waals surface area contributed by atoms with Crippen LogP contribution >= 0.6 is 23.2 Å². The van der Waals surface area contributed by atoms with Gasteiger partial charge in [-0.05, 0) is 54.8 Å². The molecule has 0 aliphatic heterocycles. The second-order valence-electron chi connectivity index (χ2n) is 4.38. The van der Waals surface area contributed by atoms with Crippen LogP contribution in [0.4, 0.5) is 5.69 Å². The van der Waals surface area contributed by atoms with Gasteiger partial charge >= 0.3 is 0 Å². The number of nitrogens with one attached hydrogen (secondary N) is 1. The second kappa shape index (κ2) is 5.64. The van der Waals surface area contributed by atoms with Crippen LogP contribution in [0, 0.1) is 13.8 Å².